The molecule has 0 atom stereocenters. The van der Waals surface area contributed by atoms with Gasteiger partial charge in [-0.15, -0.1) is 0 Å². The van der Waals surface area contributed by atoms with Gasteiger partial charge in [0.1, 0.15) is 0 Å². The van der Waals surface area contributed by atoms with Crippen molar-refractivity contribution >= 4 is 65.4 Å². The molecular formula is C60H36N6. The number of hydrogen-bond acceptors (Lipinski definition) is 6. The fourth-order valence-corrected chi connectivity index (χ4v) is 9.16. The maximum absolute atomic E-state index is 5.31. The van der Waals surface area contributed by atoms with Crippen LogP contribution in [-0.4, -0.2) is 29.9 Å². The van der Waals surface area contributed by atoms with E-state index in [0.29, 0.717) is 0 Å². The topological polar surface area (TPSA) is 77.3 Å². The van der Waals surface area contributed by atoms with Gasteiger partial charge in [0.15, 0.2) is 0 Å². The Morgan fingerprint density at radius 3 is 0.606 bits per heavy atom. The first-order valence-corrected chi connectivity index (χ1v) is 22.1. The average molecular weight is 841 g/mol. The normalized spacial score (nSPS) is 11.6. The molecule has 0 saturated heterocycles. The summed E-state index contributed by atoms with van der Waals surface area (Å²) in [6.07, 6.45) is 0. The smallest absolute Gasteiger partial charge is 0.0972 e. The SMILES string of the molecule is c1ccc(-c2ccc3ccc4ccc(-c5cccc(-c6ccc7ccc8ccc(-c9cccc(-c%10ccc%11ccc%12ccc(-c%13ccccc%13)nc%12c%11n%10)c9)nc8c7n6)c5)nc4c3n2)cc1. The van der Waals surface area contributed by atoms with Crippen molar-refractivity contribution in [1.82, 2.24) is 29.9 Å². The molecule has 0 amide bonds. The Labute approximate surface area is 379 Å². The van der Waals surface area contributed by atoms with Gasteiger partial charge in [0, 0.05) is 65.7 Å². The van der Waals surface area contributed by atoms with Crippen molar-refractivity contribution in [2.45, 2.75) is 0 Å². The maximum Gasteiger partial charge on any atom is 0.0972 e. The number of rotatable bonds is 6. The molecule has 0 bridgehead atoms. The second kappa shape index (κ2) is 15.4. The van der Waals surface area contributed by atoms with E-state index in [1.54, 1.807) is 0 Å². The number of aromatic nitrogens is 6. The van der Waals surface area contributed by atoms with Crippen LogP contribution in [0.2, 0.25) is 0 Å². The van der Waals surface area contributed by atoms with Crippen LogP contribution in [0.4, 0.5) is 0 Å². The Morgan fingerprint density at radius 1 is 0.167 bits per heavy atom. The van der Waals surface area contributed by atoms with E-state index in [2.05, 4.69) is 182 Å². The number of pyridine rings is 6. The lowest BCUT2D eigenvalue weighted by atomic mass is 10.0. The van der Waals surface area contributed by atoms with Gasteiger partial charge in [-0.1, -0.05) is 170 Å². The third-order valence-electron chi connectivity index (χ3n) is 12.6. The van der Waals surface area contributed by atoms with E-state index in [1.165, 1.54) is 0 Å². The molecule has 0 spiro atoms. The largest absolute Gasteiger partial charge is 0.245 e. The monoisotopic (exact) mass is 840 g/mol. The summed E-state index contributed by atoms with van der Waals surface area (Å²) in [5.74, 6) is 0. The Balaban J connectivity index is 0.855. The van der Waals surface area contributed by atoms with Gasteiger partial charge in [-0.25, -0.2) is 29.9 Å². The summed E-state index contributed by atoms with van der Waals surface area (Å²) < 4.78 is 0. The van der Waals surface area contributed by atoms with Crippen molar-refractivity contribution in [3.63, 3.8) is 0 Å². The molecule has 0 aliphatic heterocycles. The van der Waals surface area contributed by atoms with E-state index >= 15 is 0 Å². The van der Waals surface area contributed by atoms with Crippen LogP contribution in [0.5, 0.6) is 0 Å². The van der Waals surface area contributed by atoms with Gasteiger partial charge in [0.25, 0.3) is 0 Å². The molecule has 0 saturated carbocycles. The molecule has 0 N–H and O–H groups in total. The van der Waals surface area contributed by atoms with E-state index in [-0.39, 0.29) is 0 Å². The Hall–Kier alpha value is -9.00. The molecule has 13 rings (SSSR count). The van der Waals surface area contributed by atoms with E-state index in [4.69, 9.17) is 29.9 Å². The van der Waals surface area contributed by atoms with Crippen molar-refractivity contribution < 1.29 is 0 Å². The summed E-state index contributed by atoms with van der Waals surface area (Å²) in [5, 5.41) is 6.28. The number of hydrogen-bond donors (Lipinski definition) is 0. The molecule has 0 aliphatic rings. The van der Waals surface area contributed by atoms with E-state index in [1.807, 2.05) is 36.4 Å². The molecule has 0 fully saturated rings. The molecular weight excluding hydrogens is 805 g/mol. The van der Waals surface area contributed by atoms with Crippen molar-refractivity contribution in [3.05, 3.63) is 218 Å². The first kappa shape index (κ1) is 37.5. The van der Waals surface area contributed by atoms with Crippen LogP contribution in [-0.2, 0) is 0 Å². The van der Waals surface area contributed by atoms with Crippen LogP contribution in [0.1, 0.15) is 0 Å². The predicted octanol–water partition coefficient (Wildman–Crippen LogP) is 15.0. The van der Waals surface area contributed by atoms with E-state index in [9.17, 15) is 0 Å². The van der Waals surface area contributed by atoms with Crippen molar-refractivity contribution in [1.29, 1.82) is 0 Å². The average Bonchev–Trinajstić information content (AvgIpc) is 3.40. The molecule has 13 aromatic rings. The zero-order valence-electron chi connectivity index (χ0n) is 35.5. The molecule has 7 aromatic carbocycles. The van der Waals surface area contributed by atoms with Crippen LogP contribution in [0.3, 0.4) is 0 Å². The van der Waals surface area contributed by atoms with Gasteiger partial charge < -0.3 is 0 Å². The van der Waals surface area contributed by atoms with Gasteiger partial charge in [-0.05, 0) is 48.5 Å². The highest BCUT2D eigenvalue weighted by Crippen LogP contribution is 2.34. The zero-order chi connectivity index (χ0) is 43.6. The van der Waals surface area contributed by atoms with Crippen LogP contribution >= 0.6 is 0 Å². The molecule has 6 heteroatoms. The molecule has 0 radical (unpaired) electrons. The molecule has 6 heterocycles. The van der Waals surface area contributed by atoms with Gasteiger partial charge in [-0.3, -0.25) is 0 Å². The highest BCUT2D eigenvalue weighted by Gasteiger charge is 2.14. The number of nitrogens with zero attached hydrogens (tertiary/aromatic N) is 6. The highest BCUT2D eigenvalue weighted by atomic mass is 14.8. The maximum atomic E-state index is 5.31. The van der Waals surface area contributed by atoms with Crippen LogP contribution in [0.15, 0.2) is 218 Å². The third-order valence-corrected chi connectivity index (χ3v) is 12.6. The van der Waals surface area contributed by atoms with Crippen molar-refractivity contribution in [2.75, 3.05) is 0 Å². The lowest BCUT2D eigenvalue weighted by Gasteiger charge is -2.11. The summed E-state index contributed by atoms with van der Waals surface area (Å²) in [6.45, 7) is 0. The van der Waals surface area contributed by atoms with Gasteiger partial charge in [-0.2, -0.15) is 0 Å². The molecule has 0 aliphatic carbocycles. The summed E-state index contributed by atoms with van der Waals surface area (Å²) in [4.78, 5) is 31.3. The quantitative estimate of drug-likeness (QED) is 0.155. The van der Waals surface area contributed by atoms with Gasteiger partial charge in [0.05, 0.1) is 67.3 Å². The van der Waals surface area contributed by atoms with Crippen LogP contribution in [0.25, 0.3) is 133 Å². The lowest BCUT2D eigenvalue weighted by molar-refractivity contribution is 1.35. The fourth-order valence-electron chi connectivity index (χ4n) is 9.16. The van der Waals surface area contributed by atoms with Crippen molar-refractivity contribution in [3.8, 4) is 67.5 Å². The summed E-state index contributed by atoms with van der Waals surface area (Å²) in [6, 6.07) is 75.6. The number of fused-ring (bicyclic) bond motifs is 9. The first-order chi connectivity index (χ1) is 32.6. The minimum absolute atomic E-state index is 0.856. The minimum Gasteiger partial charge on any atom is -0.245 e. The predicted molar refractivity (Wildman–Crippen MR) is 271 cm³/mol. The van der Waals surface area contributed by atoms with Crippen molar-refractivity contribution in [2.24, 2.45) is 0 Å². The lowest BCUT2D eigenvalue weighted by Crippen LogP contribution is -1.93. The molecule has 306 valence electrons. The summed E-state index contributed by atoms with van der Waals surface area (Å²) >= 11 is 0. The first-order valence-electron chi connectivity index (χ1n) is 22.1. The Kier molecular flexibility index (Phi) is 8.74. The van der Waals surface area contributed by atoms with Gasteiger partial charge in [0.2, 0.25) is 0 Å². The van der Waals surface area contributed by atoms with Gasteiger partial charge >= 0.3 is 0 Å². The second-order valence-electron chi connectivity index (χ2n) is 16.7. The fraction of sp³-hybridized carbons (Fsp3) is 0. The van der Waals surface area contributed by atoms with Crippen LogP contribution in [0, 0.1) is 0 Å². The zero-order valence-corrected chi connectivity index (χ0v) is 35.5. The number of benzene rings is 7. The Bertz CT molecular complexity index is 3790. The van der Waals surface area contributed by atoms with Crippen LogP contribution < -0.4 is 0 Å². The van der Waals surface area contributed by atoms with E-state index < -0.39 is 0 Å². The Morgan fingerprint density at radius 2 is 0.364 bits per heavy atom. The summed E-state index contributed by atoms with van der Waals surface area (Å²) in [5.41, 5.74) is 16.8. The van der Waals surface area contributed by atoms with E-state index in [0.717, 1.165) is 133 Å². The second-order valence-corrected chi connectivity index (χ2v) is 16.7. The highest BCUT2D eigenvalue weighted by molar-refractivity contribution is 6.06. The summed E-state index contributed by atoms with van der Waals surface area (Å²) in [7, 11) is 0. The standard InChI is InChI=1S/C60H36N6/c1-3-9-37(10-4-1)49-29-23-39-17-19-41-25-31-51(63-57(41)55(39)61-49)45-13-7-15-47(35-45)53-33-27-43-21-22-44-28-34-54(66-60(44)59(43)65-53)48-16-8-14-46(36-48)52-32-26-42-20-18-40-24-30-50(38-11-5-2-6-12-38)62-56(40)58(42)64-52/h1-36H. The minimum atomic E-state index is 0.856. The third kappa shape index (κ3) is 6.59. The molecule has 6 nitrogen and oxygen atoms in total. The molecule has 6 aromatic heterocycles. The molecule has 0 unspecified atom stereocenters. The molecule has 66 heavy (non-hydrogen) atoms.